The highest BCUT2D eigenvalue weighted by Crippen LogP contribution is 2.38. The van der Waals surface area contributed by atoms with Gasteiger partial charge in [-0.25, -0.2) is 0 Å². The standard InChI is InChI=1S/C16H17N5O3S/c1-20-8-10(7-17-20)14(9-4-11(22)5-9)19-15(24)12-6-13(23)18-16-21(12)2-3-25-16/h2-3,6-9,11,14,22H,4-5H2,1H3,(H,19,24)/t9?,11?,14-/m1/s1. The van der Waals surface area contributed by atoms with E-state index in [1.807, 2.05) is 13.2 Å². The number of hydrogen-bond donors (Lipinski definition) is 2. The minimum Gasteiger partial charge on any atom is -0.393 e. The van der Waals surface area contributed by atoms with Gasteiger partial charge in [0.1, 0.15) is 5.69 Å². The van der Waals surface area contributed by atoms with Crippen molar-refractivity contribution < 1.29 is 9.90 Å². The first-order chi connectivity index (χ1) is 12.0. The van der Waals surface area contributed by atoms with E-state index in [-0.39, 0.29) is 29.7 Å². The summed E-state index contributed by atoms with van der Waals surface area (Å²) in [5.74, 6) is -0.206. The summed E-state index contributed by atoms with van der Waals surface area (Å²) in [5, 5.41) is 18.6. The fourth-order valence-corrected chi connectivity index (χ4v) is 3.94. The maximum Gasteiger partial charge on any atom is 0.274 e. The van der Waals surface area contributed by atoms with Crippen molar-refractivity contribution in [2.75, 3.05) is 0 Å². The average molecular weight is 359 g/mol. The molecule has 0 spiro atoms. The predicted molar refractivity (Wildman–Crippen MR) is 91.5 cm³/mol. The smallest absolute Gasteiger partial charge is 0.274 e. The predicted octanol–water partition coefficient (Wildman–Crippen LogP) is 0.731. The fourth-order valence-electron chi connectivity index (χ4n) is 3.22. The van der Waals surface area contributed by atoms with E-state index in [1.165, 1.54) is 17.4 Å². The molecule has 2 N–H and O–H groups in total. The Hall–Kier alpha value is -2.52. The third-order valence-corrected chi connectivity index (χ3v) is 5.30. The SMILES string of the molecule is Cn1cc([C@H](NC(=O)c2cc(=O)nc3sccn23)C2CC(O)C2)cn1. The quantitative estimate of drug-likeness (QED) is 0.715. The zero-order chi connectivity index (χ0) is 17.6. The van der Waals surface area contributed by atoms with Crippen LogP contribution in [0.3, 0.4) is 0 Å². The molecule has 0 aromatic carbocycles. The van der Waals surface area contributed by atoms with Crippen LogP contribution in [0.1, 0.15) is 34.9 Å². The molecule has 1 amide bonds. The Morgan fingerprint density at radius 3 is 2.96 bits per heavy atom. The maximum absolute atomic E-state index is 12.8. The summed E-state index contributed by atoms with van der Waals surface area (Å²) in [6.45, 7) is 0. The van der Waals surface area contributed by atoms with Crippen LogP contribution >= 0.6 is 11.3 Å². The van der Waals surface area contributed by atoms with Gasteiger partial charge in [0.25, 0.3) is 11.5 Å². The first kappa shape index (κ1) is 16.0. The van der Waals surface area contributed by atoms with Gasteiger partial charge in [0.15, 0.2) is 4.96 Å². The second-order valence-corrected chi connectivity index (χ2v) is 7.19. The number of aromatic nitrogens is 4. The van der Waals surface area contributed by atoms with Gasteiger partial charge < -0.3 is 10.4 Å². The van der Waals surface area contributed by atoms with Crippen molar-refractivity contribution in [3.63, 3.8) is 0 Å². The third-order valence-electron chi connectivity index (χ3n) is 4.54. The molecule has 3 aromatic heterocycles. The molecule has 0 saturated heterocycles. The van der Waals surface area contributed by atoms with Crippen molar-refractivity contribution in [1.82, 2.24) is 24.5 Å². The van der Waals surface area contributed by atoms with Gasteiger partial charge in [-0.05, 0) is 18.8 Å². The Bertz CT molecular complexity index is 985. The molecule has 9 heteroatoms. The van der Waals surface area contributed by atoms with Crippen LogP contribution in [0.25, 0.3) is 4.96 Å². The molecule has 0 unspecified atom stereocenters. The van der Waals surface area contributed by atoms with E-state index in [9.17, 15) is 14.7 Å². The zero-order valence-corrected chi connectivity index (χ0v) is 14.3. The summed E-state index contributed by atoms with van der Waals surface area (Å²) in [4.78, 5) is 29.0. The van der Waals surface area contributed by atoms with Crippen LogP contribution in [0.15, 0.2) is 34.8 Å². The van der Waals surface area contributed by atoms with E-state index in [1.54, 1.807) is 26.9 Å². The van der Waals surface area contributed by atoms with Crippen molar-refractivity contribution in [1.29, 1.82) is 0 Å². The van der Waals surface area contributed by atoms with Gasteiger partial charge in [0, 0.05) is 36.5 Å². The molecule has 1 aliphatic carbocycles. The highest BCUT2D eigenvalue weighted by Gasteiger charge is 2.36. The summed E-state index contributed by atoms with van der Waals surface area (Å²) >= 11 is 1.30. The van der Waals surface area contributed by atoms with E-state index in [0.717, 1.165) is 5.56 Å². The van der Waals surface area contributed by atoms with Gasteiger partial charge in [-0.2, -0.15) is 10.1 Å². The lowest BCUT2D eigenvalue weighted by Gasteiger charge is -2.37. The van der Waals surface area contributed by atoms with Crippen LogP contribution in [0.2, 0.25) is 0 Å². The number of carbonyl (C=O) groups is 1. The summed E-state index contributed by atoms with van der Waals surface area (Å²) in [5.41, 5.74) is 0.699. The van der Waals surface area contributed by atoms with Gasteiger partial charge >= 0.3 is 0 Å². The number of aliphatic hydroxyl groups is 1. The number of hydrogen-bond acceptors (Lipinski definition) is 6. The number of nitrogens with one attached hydrogen (secondary N) is 1. The van der Waals surface area contributed by atoms with Gasteiger partial charge in [-0.15, -0.1) is 11.3 Å². The lowest BCUT2D eigenvalue weighted by Crippen LogP contribution is -2.42. The molecular formula is C16H17N5O3S. The first-order valence-corrected chi connectivity index (χ1v) is 8.83. The number of aryl methyl sites for hydroxylation is 1. The number of nitrogens with zero attached hydrogens (tertiary/aromatic N) is 4. The van der Waals surface area contributed by atoms with E-state index >= 15 is 0 Å². The Morgan fingerprint density at radius 2 is 2.28 bits per heavy atom. The topological polar surface area (TPSA) is 102 Å². The summed E-state index contributed by atoms with van der Waals surface area (Å²) in [6.07, 6.45) is 6.22. The maximum atomic E-state index is 12.8. The van der Waals surface area contributed by atoms with Crippen LogP contribution in [0.5, 0.6) is 0 Å². The zero-order valence-electron chi connectivity index (χ0n) is 13.5. The highest BCUT2D eigenvalue weighted by atomic mass is 32.1. The number of rotatable bonds is 4. The second kappa shape index (κ2) is 6.08. The molecule has 3 heterocycles. The van der Waals surface area contributed by atoms with Crippen LogP contribution in [0, 0.1) is 5.92 Å². The normalized spacial score (nSPS) is 21.0. The Morgan fingerprint density at radius 1 is 1.48 bits per heavy atom. The molecule has 1 saturated carbocycles. The molecule has 1 aliphatic rings. The van der Waals surface area contributed by atoms with Gasteiger partial charge in [-0.3, -0.25) is 18.7 Å². The molecule has 25 heavy (non-hydrogen) atoms. The second-order valence-electron chi connectivity index (χ2n) is 6.32. The van der Waals surface area contributed by atoms with Crippen LogP contribution in [-0.2, 0) is 7.05 Å². The van der Waals surface area contributed by atoms with Gasteiger partial charge in [0.2, 0.25) is 0 Å². The molecule has 1 fully saturated rings. The monoisotopic (exact) mass is 359 g/mol. The molecule has 4 rings (SSSR count). The van der Waals surface area contributed by atoms with Gasteiger partial charge in [-0.1, -0.05) is 0 Å². The number of carbonyl (C=O) groups excluding carboxylic acids is 1. The lowest BCUT2D eigenvalue weighted by molar-refractivity contribution is 0.0234. The lowest BCUT2D eigenvalue weighted by atomic mass is 9.75. The molecule has 8 nitrogen and oxygen atoms in total. The molecule has 0 radical (unpaired) electrons. The van der Waals surface area contributed by atoms with Crippen LogP contribution in [0.4, 0.5) is 0 Å². The van der Waals surface area contributed by atoms with E-state index in [2.05, 4.69) is 15.4 Å². The van der Waals surface area contributed by atoms with Crippen LogP contribution in [-0.4, -0.2) is 36.3 Å². The first-order valence-electron chi connectivity index (χ1n) is 7.95. The number of fused-ring (bicyclic) bond motifs is 1. The fraction of sp³-hybridized carbons (Fsp3) is 0.375. The van der Waals surface area contributed by atoms with Crippen molar-refractivity contribution in [2.45, 2.75) is 25.0 Å². The van der Waals surface area contributed by atoms with E-state index in [4.69, 9.17) is 0 Å². The van der Waals surface area contributed by atoms with Crippen LogP contribution < -0.4 is 10.9 Å². The molecular weight excluding hydrogens is 342 g/mol. The minimum atomic E-state index is -0.440. The van der Waals surface area contributed by atoms with E-state index < -0.39 is 5.56 Å². The Balaban J connectivity index is 1.66. The molecule has 130 valence electrons. The number of amides is 1. The molecule has 3 aromatic rings. The number of aliphatic hydroxyl groups excluding tert-OH is 1. The summed E-state index contributed by atoms with van der Waals surface area (Å²) in [7, 11) is 1.81. The molecule has 0 bridgehead atoms. The summed E-state index contributed by atoms with van der Waals surface area (Å²) in [6, 6.07) is 0.979. The minimum absolute atomic E-state index is 0.139. The average Bonchev–Trinajstić information content (AvgIpc) is 3.17. The van der Waals surface area contributed by atoms with Crippen molar-refractivity contribution >= 4 is 22.2 Å². The number of thiazole rings is 1. The van der Waals surface area contributed by atoms with Gasteiger partial charge in [0.05, 0.1) is 18.3 Å². The Kier molecular flexibility index (Phi) is 3.89. The third kappa shape index (κ3) is 2.96. The van der Waals surface area contributed by atoms with Crippen molar-refractivity contribution in [2.24, 2.45) is 13.0 Å². The summed E-state index contributed by atoms with van der Waals surface area (Å²) < 4.78 is 3.29. The highest BCUT2D eigenvalue weighted by molar-refractivity contribution is 7.15. The molecule has 0 aliphatic heterocycles. The van der Waals surface area contributed by atoms with E-state index in [0.29, 0.717) is 17.8 Å². The van der Waals surface area contributed by atoms with Crippen molar-refractivity contribution in [3.05, 3.63) is 51.6 Å². The largest absolute Gasteiger partial charge is 0.393 e. The van der Waals surface area contributed by atoms with Crippen molar-refractivity contribution in [3.8, 4) is 0 Å². The Labute approximate surface area is 146 Å². The molecule has 1 atom stereocenters.